The molecular weight excluding hydrogens is 314 g/mol. The van der Waals surface area contributed by atoms with Gasteiger partial charge in [0.05, 0.1) is 10.3 Å². The maximum atomic E-state index is 12.3. The fourth-order valence-electron chi connectivity index (χ4n) is 2.23. The van der Waals surface area contributed by atoms with Crippen molar-refractivity contribution in [3.05, 3.63) is 41.6 Å². The third kappa shape index (κ3) is 3.26. The molecule has 2 nitrogen and oxygen atoms in total. The zero-order chi connectivity index (χ0) is 14.9. The van der Waals surface area contributed by atoms with Crippen molar-refractivity contribution in [2.75, 3.05) is 0 Å². The summed E-state index contributed by atoms with van der Waals surface area (Å²) in [5, 5.41) is 1.12. The number of Topliss-reactive ketones (excluding diaryl/α,β-unsaturated/α-hetero) is 1. The number of pyridine rings is 1. The number of fused-ring (bicyclic) bond motifs is 1. The van der Waals surface area contributed by atoms with Crippen LogP contribution in [-0.4, -0.2) is 15.6 Å². The lowest BCUT2D eigenvalue weighted by Crippen LogP contribution is -2.30. The van der Waals surface area contributed by atoms with E-state index in [9.17, 15) is 4.79 Å². The summed E-state index contributed by atoms with van der Waals surface area (Å²) in [6.07, 6.45) is 0.671. The monoisotopic (exact) mass is 333 g/mol. The Morgan fingerprint density at radius 1 is 1.25 bits per heavy atom. The molecule has 0 aliphatic carbocycles. The Bertz CT molecular complexity index is 643. The molecule has 0 saturated heterocycles. The van der Waals surface area contributed by atoms with E-state index in [1.165, 1.54) is 0 Å². The van der Waals surface area contributed by atoms with E-state index in [1.807, 2.05) is 39.8 Å². The van der Waals surface area contributed by atoms with Crippen molar-refractivity contribution in [1.82, 2.24) is 4.98 Å². The predicted octanol–water partition coefficient (Wildman–Crippen LogP) is 4.46. The van der Waals surface area contributed by atoms with Crippen LogP contribution in [0.15, 0.2) is 30.3 Å². The molecule has 0 N–H and O–H groups in total. The number of carbonyl (C=O) groups excluding carboxylic acids is 1. The fraction of sp³-hybridized carbons (Fsp3) is 0.412. The number of carbonyl (C=O) groups is 1. The molecule has 1 atom stereocenters. The average molecular weight is 334 g/mol. The Hall–Kier alpha value is -1.22. The highest BCUT2D eigenvalue weighted by atomic mass is 79.9. The highest BCUT2D eigenvalue weighted by Gasteiger charge is 2.28. The van der Waals surface area contributed by atoms with Gasteiger partial charge in [0, 0.05) is 16.5 Å². The normalized spacial score (nSPS) is 13.4. The average Bonchev–Trinajstić information content (AvgIpc) is 2.37. The lowest BCUT2D eigenvalue weighted by molar-refractivity contribution is -0.125. The summed E-state index contributed by atoms with van der Waals surface area (Å²) in [6.45, 7) is 7.85. The maximum Gasteiger partial charge on any atom is 0.152 e. The minimum atomic E-state index is -0.331. The number of alkyl halides is 1. The molecule has 0 amide bonds. The Morgan fingerprint density at radius 2 is 1.95 bits per heavy atom. The number of aryl methyl sites for hydroxylation is 1. The number of hydrogen-bond acceptors (Lipinski definition) is 2. The number of benzene rings is 1. The molecule has 0 saturated carbocycles. The second kappa shape index (κ2) is 5.65. The molecule has 20 heavy (non-hydrogen) atoms. The van der Waals surface area contributed by atoms with Gasteiger partial charge in [0.25, 0.3) is 0 Å². The summed E-state index contributed by atoms with van der Waals surface area (Å²) in [5.74, 6) is 0.224. The molecule has 3 heteroatoms. The summed E-state index contributed by atoms with van der Waals surface area (Å²) in [7, 11) is 0. The molecule has 0 aliphatic rings. The zero-order valence-electron chi connectivity index (χ0n) is 12.4. The third-order valence-corrected chi connectivity index (χ3v) is 4.11. The van der Waals surface area contributed by atoms with Crippen molar-refractivity contribution in [1.29, 1.82) is 0 Å². The first-order valence-electron chi connectivity index (χ1n) is 6.82. The quantitative estimate of drug-likeness (QED) is 0.776. The van der Waals surface area contributed by atoms with Gasteiger partial charge in [0.15, 0.2) is 5.78 Å². The Labute approximate surface area is 128 Å². The van der Waals surface area contributed by atoms with E-state index >= 15 is 0 Å². The first kappa shape index (κ1) is 15.2. The van der Waals surface area contributed by atoms with Gasteiger partial charge in [0.2, 0.25) is 0 Å². The largest absolute Gasteiger partial charge is 0.298 e. The maximum absolute atomic E-state index is 12.3. The molecule has 1 unspecified atom stereocenters. The number of para-hydroxylation sites is 1. The van der Waals surface area contributed by atoms with Gasteiger partial charge < -0.3 is 0 Å². The fourth-order valence-corrected chi connectivity index (χ4v) is 3.26. The van der Waals surface area contributed by atoms with Crippen LogP contribution in [0.5, 0.6) is 0 Å². The number of nitrogens with zero attached hydrogens (tertiary/aromatic N) is 1. The van der Waals surface area contributed by atoms with E-state index < -0.39 is 0 Å². The van der Waals surface area contributed by atoms with E-state index in [0.717, 1.165) is 22.2 Å². The number of hydrogen-bond donors (Lipinski definition) is 0. The van der Waals surface area contributed by atoms with Gasteiger partial charge in [-0.25, -0.2) is 0 Å². The van der Waals surface area contributed by atoms with Crippen LogP contribution in [0.1, 0.15) is 32.0 Å². The summed E-state index contributed by atoms with van der Waals surface area (Å²) in [4.78, 5) is 16.8. The van der Waals surface area contributed by atoms with Crippen LogP contribution >= 0.6 is 15.9 Å². The van der Waals surface area contributed by atoms with Crippen molar-refractivity contribution < 1.29 is 4.79 Å². The zero-order valence-corrected chi connectivity index (χ0v) is 14.0. The van der Waals surface area contributed by atoms with Crippen molar-refractivity contribution in [2.24, 2.45) is 5.41 Å². The van der Waals surface area contributed by atoms with E-state index in [4.69, 9.17) is 0 Å². The highest BCUT2D eigenvalue weighted by Crippen LogP contribution is 2.26. The molecular formula is C17H20BrNO. The highest BCUT2D eigenvalue weighted by molar-refractivity contribution is 9.10. The van der Waals surface area contributed by atoms with Gasteiger partial charge in [-0.3, -0.25) is 9.78 Å². The molecule has 0 spiro atoms. The summed E-state index contributed by atoms with van der Waals surface area (Å²) in [6, 6.07) is 10.2. The Balaban J connectivity index is 2.35. The molecule has 0 radical (unpaired) electrons. The number of aromatic nitrogens is 1. The molecule has 2 rings (SSSR count). The summed E-state index contributed by atoms with van der Waals surface area (Å²) >= 11 is 3.54. The summed E-state index contributed by atoms with van der Waals surface area (Å²) < 4.78 is 0. The molecule has 1 heterocycles. The van der Waals surface area contributed by atoms with Crippen molar-refractivity contribution >= 4 is 32.6 Å². The molecule has 0 bridgehead atoms. The van der Waals surface area contributed by atoms with Crippen molar-refractivity contribution in [3.8, 4) is 0 Å². The van der Waals surface area contributed by atoms with E-state index in [-0.39, 0.29) is 16.0 Å². The van der Waals surface area contributed by atoms with Crippen LogP contribution in [0.3, 0.4) is 0 Å². The van der Waals surface area contributed by atoms with Crippen molar-refractivity contribution in [3.63, 3.8) is 0 Å². The van der Waals surface area contributed by atoms with Crippen LogP contribution in [-0.2, 0) is 11.2 Å². The molecule has 1 aromatic heterocycles. The smallest absolute Gasteiger partial charge is 0.152 e. The number of rotatable bonds is 3. The van der Waals surface area contributed by atoms with E-state index in [0.29, 0.717) is 6.42 Å². The molecule has 106 valence electrons. The lowest BCUT2D eigenvalue weighted by Gasteiger charge is -2.21. The number of halogens is 1. The van der Waals surface area contributed by atoms with Gasteiger partial charge in [-0.15, -0.1) is 0 Å². The first-order valence-corrected chi connectivity index (χ1v) is 7.74. The lowest BCUT2D eigenvalue weighted by atomic mass is 9.87. The number of ketones is 1. The molecule has 1 aromatic carbocycles. The van der Waals surface area contributed by atoms with Crippen molar-refractivity contribution in [2.45, 2.75) is 38.9 Å². The minimum Gasteiger partial charge on any atom is -0.298 e. The van der Waals surface area contributed by atoms with Crippen LogP contribution in [0.4, 0.5) is 0 Å². The topological polar surface area (TPSA) is 30.0 Å². The van der Waals surface area contributed by atoms with E-state index in [2.05, 4.69) is 39.1 Å². The van der Waals surface area contributed by atoms with Crippen LogP contribution in [0.25, 0.3) is 10.9 Å². The summed E-state index contributed by atoms with van der Waals surface area (Å²) in [5.41, 5.74) is 2.78. The molecule has 0 aliphatic heterocycles. The Kier molecular flexibility index (Phi) is 4.28. The predicted molar refractivity (Wildman–Crippen MR) is 87.4 cm³/mol. The van der Waals surface area contributed by atoms with Crippen LogP contribution in [0, 0.1) is 12.3 Å². The van der Waals surface area contributed by atoms with E-state index in [1.54, 1.807) is 0 Å². The van der Waals surface area contributed by atoms with Crippen LogP contribution < -0.4 is 0 Å². The van der Waals surface area contributed by atoms with Gasteiger partial charge in [0.1, 0.15) is 0 Å². The second-order valence-electron chi connectivity index (χ2n) is 6.23. The minimum absolute atomic E-state index is 0.171. The van der Waals surface area contributed by atoms with Gasteiger partial charge in [-0.05, 0) is 25.0 Å². The standard InChI is InChI=1S/C17H20BrNO/c1-11-8-9-12-6-5-7-13(15(12)19-11)10-14(18)16(20)17(2,3)4/h5-9,14H,10H2,1-4H3. The molecule has 0 fully saturated rings. The van der Waals surface area contributed by atoms with Gasteiger partial charge in [-0.2, -0.15) is 0 Å². The SMILES string of the molecule is Cc1ccc2cccc(CC(Br)C(=O)C(C)(C)C)c2n1. The van der Waals surface area contributed by atoms with Crippen LogP contribution in [0.2, 0.25) is 0 Å². The molecule has 2 aromatic rings. The first-order chi connectivity index (χ1) is 9.29. The van der Waals surface area contributed by atoms with Gasteiger partial charge in [-0.1, -0.05) is 61.0 Å². The third-order valence-electron chi connectivity index (χ3n) is 3.37. The van der Waals surface area contributed by atoms with Gasteiger partial charge >= 0.3 is 0 Å². The Morgan fingerprint density at radius 3 is 2.60 bits per heavy atom. The second-order valence-corrected chi connectivity index (χ2v) is 7.33.